The summed E-state index contributed by atoms with van der Waals surface area (Å²) in [5.41, 5.74) is -1.68. The second-order valence-electron chi connectivity index (χ2n) is 7.89. The summed E-state index contributed by atoms with van der Waals surface area (Å²) in [5, 5.41) is 32.7. The van der Waals surface area contributed by atoms with Gasteiger partial charge in [0.05, 0.1) is 13.2 Å². The third-order valence-corrected chi connectivity index (χ3v) is 8.01. The van der Waals surface area contributed by atoms with E-state index in [1.807, 2.05) is 0 Å². The standard InChI is InChI=1S/C18H30N5O7PS/c1-12(24)32-10-9-28-31(27,21(3)4)29-11-13-15(25)18(2,26)16(30-13)23-8-7-22-14(19)5-6-20-17(22)23/h5-8,13,15-17,19-20,25-26H,9-11H2,1-4H3/t13-,15?,16-,17?,18+,31?/m1/s1. The molecule has 0 saturated carbocycles. The van der Waals surface area contributed by atoms with E-state index >= 15 is 0 Å². The molecule has 3 rings (SSSR count). The Labute approximate surface area is 191 Å². The Bertz CT molecular complexity index is 839. The van der Waals surface area contributed by atoms with Crippen LogP contribution in [0.2, 0.25) is 0 Å². The number of nitrogens with one attached hydrogen (secondary N) is 2. The van der Waals surface area contributed by atoms with Crippen molar-refractivity contribution in [3.63, 3.8) is 0 Å². The SMILES string of the molecule is CC(=O)SCCOP(=O)(OC[C@H]1O[C@@H](N2C=CN3C(=N)C=CNC32)[C@@](C)(O)C1O)N(C)C. The summed E-state index contributed by atoms with van der Waals surface area (Å²) in [5.74, 6) is 0.587. The number of aliphatic hydroxyl groups is 2. The van der Waals surface area contributed by atoms with E-state index in [4.69, 9.17) is 19.2 Å². The van der Waals surface area contributed by atoms with Gasteiger partial charge in [0.2, 0.25) is 0 Å². The number of carbonyl (C=O) groups excluding carboxylic acids is 1. The average Bonchev–Trinajstić information content (AvgIpc) is 3.24. The number of nitrogens with zero attached hydrogens (tertiary/aromatic N) is 3. The van der Waals surface area contributed by atoms with Crippen LogP contribution in [0.1, 0.15) is 13.8 Å². The Morgan fingerprint density at radius 3 is 2.81 bits per heavy atom. The number of amidine groups is 1. The summed E-state index contributed by atoms with van der Waals surface area (Å²) in [6, 6.07) is 0. The first kappa shape index (κ1) is 25.2. The van der Waals surface area contributed by atoms with Crippen molar-refractivity contribution in [3.8, 4) is 0 Å². The minimum absolute atomic E-state index is 0.0371. The van der Waals surface area contributed by atoms with Crippen molar-refractivity contribution in [1.82, 2.24) is 19.8 Å². The molecule has 0 bridgehead atoms. The summed E-state index contributed by atoms with van der Waals surface area (Å²) in [7, 11) is -0.634. The third-order valence-electron chi connectivity index (χ3n) is 5.27. The molecule has 0 aromatic carbocycles. The van der Waals surface area contributed by atoms with Crippen molar-refractivity contribution >= 4 is 30.5 Å². The molecule has 32 heavy (non-hydrogen) atoms. The van der Waals surface area contributed by atoms with E-state index in [1.165, 1.54) is 32.6 Å². The number of hydrogen-bond acceptors (Lipinski definition) is 11. The van der Waals surface area contributed by atoms with Crippen molar-refractivity contribution in [3.05, 3.63) is 24.7 Å². The molecule has 0 amide bonds. The molecular formula is C18H30N5O7PS. The molecule has 0 aliphatic carbocycles. The van der Waals surface area contributed by atoms with Crippen LogP contribution in [-0.4, -0.2) is 99.0 Å². The lowest BCUT2D eigenvalue weighted by molar-refractivity contribution is -0.137. The van der Waals surface area contributed by atoms with Crippen LogP contribution in [0, 0.1) is 5.41 Å². The molecule has 12 nitrogen and oxygen atoms in total. The lowest BCUT2D eigenvalue weighted by atomic mass is 9.96. The molecule has 3 aliphatic heterocycles. The van der Waals surface area contributed by atoms with Gasteiger partial charge in [0.1, 0.15) is 23.6 Å². The van der Waals surface area contributed by atoms with E-state index in [1.54, 1.807) is 34.5 Å². The Hall–Kier alpha value is -1.44. The summed E-state index contributed by atoms with van der Waals surface area (Å²) in [4.78, 5) is 14.3. The minimum Gasteiger partial charge on any atom is -0.387 e. The van der Waals surface area contributed by atoms with Gasteiger partial charge in [0.25, 0.3) is 0 Å². The lowest BCUT2D eigenvalue weighted by Crippen LogP contribution is -2.60. The van der Waals surface area contributed by atoms with Crippen LogP contribution in [0.4, 0.5) is 0 Å². The Morgan fingerprint density at radius 2 is 2.16 bits per heavy atom. The molecule has 14 heteroatoms. The Morgan fingerprint density at radius 1 is 1.44 bits per heavy atom. The molecule has 1 saturated heterocycles. The topological polar surface area (TPSA) is 148 Å². The fourth-order valence-corrected chi connectivity index (χ4v) is 5.29. The number of carbonyl (C=O) groups is 1. The van der Waals surface area contributed by atoms with Crippen molar-refractivity contribution in [1.29, 1.82) is 5.41 Å². The van der Waals surface area contributed by atoms with Crippen molar-refractivity contribution in [2.24, 2.45) is 0 Å². The van der Waals surface area contributed by atoms with Crippen LogP contribution < -0.4 is 5.32 Å². The average molecular weight is 492 g/mol. The summed E-state index contributed by atoms with van der Waals surface area (Å²) >= 11 is 1.05. The van der Waals surface area contributed by atoms with E-state index in [9.17, 15) is 19.6 Å². The van der Waals surface area contributed by atoms with E-state index in [2.05, 4.69) is 5.32 Å². The van der Waals surface area contributed by atoms with Crippen LogP contribution in [0.3, 0.4) is 0 Å². The largest absolute Gasteiger partial charge is 0.407 e. The number of rotatable bonds is 9. The van der Waals surface area contributed by atoms with Crippen molar-refractivity contribution in [2.75, 3.05) is 33.1 Å². The van der Waals surface area contributed by atoms with Crippen LogP contribution in [-0.2, 0) is 23.1 Å². The van der Waals surface area contributed by atoms with Crippen LogP contribution in [0.15, 0.2) is 24.7 Å². The van der Waals surface area contributed by atoms with Gasteiger partial charge in [-0.15, -0.1) is 0 Å². The van der Waals surface area contributed by atoms with Crippen molar-refractivity contribution in [2.45, 2.75) is 44.2 Å². The van der Waals surface area contributed by atoms with Gasteiger partial charge >= 0.3 is 7.75 Å². The molecule has 3 aliphatic rings. The summed E-state index contributed by atoms with van der Waals surface area (Å²) in [6.45, 7) is 2.63. The van der Waals surface area contributed by atoms with E-state index < -0.39 is 38.1 Å². The highest BCUT2D eigenvalue weighted by Crippen LogP contribution is 2.51. The highest BCUT2D eigenvalue weighted by Gasteiger charge is 2.56. The fourth-order valence-electron chi connectivity index (χ4n) is 3.52. The zero-order valence-corrected chi connectivity index (χ0v) is 20.1. The molecule has 0 radical (unpaired) electrons. The van der Waals surface area contributed by atoms with Gasteiger partial charge in [-0.1, -0.05) is 11.8 Å². The lowest BCUT2D eigenvalue weighted by Gasteiger charge is -2.40. The summed E-state index contributed by atoms with van der Waals surface area (Å²) < 4.78 is 31.3. The number of fused-ring (bicyclic) bond motifs is 1. The van der Waals surface area contributed by atoms with Crippen LogP contribution in [0.25, 0.3) is 0 Å². The van der Waals surface area contributed by atoms with Gasteiger partial charge < -0.3 is 25.2 Å². The van der Waals surface area contributed by atoms with Gasteiger partial charge in [-0.2, -0.15) is 0 Å². The first-order chi connectivity index (χ1) is 15.0. The number of thioether (sulfide) groups is 1. The van der Waals surface area contributed by atoms with Crippen LogP contribution >= 0.6 is 19.5 Å². The maximum absolute atomic E-state index is 13.1. The molecule has 3 unspecified atom stereocenters. The number of hydrogen-bond donors (Lipinski definition) is 4. The van der Waals surface area contributed by atoms with E-state index in [0.29, 0.717) is 5.75 Å². The molecule has 1 fully saturated rings. The monoisotopic (exact) mass is 491 g/mol. The first-order valence-corrected chi connectivity index (χ1v) is 12.5. The van der Waals surface area contributed by atoms with E-state index in [-0.39, 0.29) is 24.2 Å². The molecule has 6 atom stereocenters. The second kappa shape index (κ2) is 9.82. The Balaban J connectivity index is 1.64. The molecule has 0 aromatic heterocycles. The van der Waals surface area contributed by atoms with Gasteiger partial charge in [-0.25, -0.2) is 9.24 Å². The van der Waals surface area contributed by atoms with E-state index in [0.717, 1.165) is 11.8 Å². The quantitative estimate of drug-likeness (QED) is 0.259. The summed E-state index contributed by atoms with van der Waals surface area (Å²) in [6.07, 6.45) is 2.77. The molecule has 3 heterocycles. The number of ether oxygens (including phenoxy) is 1. The van der Waals surface area contributed by atoms with Crippen LogP contribution in [0.5, 0.6) is 0 Å². The zero-order valence-electron chi connectivity index (χ0n) is 18.4. The van der Waals surface area contributed by atoms with Crippen molar-refractivity contribution < 1.29 is 33.4 Å². The molecular weight excluding hydrogens is 461 g/mol. The number of aliphatic hydroxyl groups excluding tert-OH is 1. The van der Waals surface area contributed by atoms with Gasteiger partial charge in [0.15, 0.2) is 17.6 Å². The van der Waals surface area contributed by atoms with Gasteiger partial charge in [-0.05, 0) is 27.1 Å². The Kier molecular flexibility index (Phi) is 7.73. The predicted octanol–water partition coefficient (Wildman–Crippen LogP) is 0.272. The third kappa shape index (κ3) is 5.05. The minimum atomic E-state index is -3.70. The molecule has 180 valence electrons. The first-order valence-electron chi connectivity index (χ1n) is 9.99. The second-order valence-corrected chi connectivity index (χ2v) is 11.4. The molecule has 0 aromatic rings. The normalized spacial score (nSPS) is 33.5. The maximum Gasteiger partial charge on any atom is 0.407 e. The van der Waals surface area contributed by atoms with Gasteiger partial charge in [0, 0.05) is 31.3 Å². The highest BCUT2D eigenvalue weighted by atomic mass is 32.2. The van der Waals surface area contributed by atoms with Gasteiger partial charge in [-0.3, -0.25) is 24.2 Å². The zero-order chi connectivity index (χ0) is 23.7. The smallest absolute Gasteiger partial charge is 0.387 e. The predicted molar refractivity (Wildman–Crippen MR) is 118 cm³/mol. The molecule has 0 spiro atoms. The molecule has 4 N–H and O–H groups in total. The highest BCUT2D eigenvalue weighted by molar-refractivity contribution is 8.13. The fraction of sp³-hybridized carbons (Fsp3) is 0.667. The maximum atomic E-state index is 13.1.